The lowest BCUT2D eigenvalue weighted by atomic mass is 9.90. The molecule has 3 aromatic carbocycles. The van der Waals surface area contributed by atoms with Gasteiger partial charge in [0.05, 0.1) is 11.6 Å². The van der Waals surface area contributed by atoms with Gasteiger partial charge in [-0.1, -0.05) is 66.7 Å². The number of carbonyl (C=O) groups excluding carboxylic acids is 1. The smallest absolute Gasteiger partial charge is 0.236 e. The first-order valence-corrected chi connectivity index (χ1v) is 8.61. The van der Waals surface area contributed by atoms with Gasteiger partial charge in [-0.05, 0) is 51.7 Å². The quantitative estimate of drug-likeness (QED) is 0.634. The molecule has 0 aliphatic rings. The molecule has 0 heterocycles. The van der Waals surface area contributed by atoms with Gasteiger partial charge in [0.15, 0.2) is 0 Å². The summed E-state index contributed by atoms with van der Waals surface area (Å²) in [5, 5.41) is 3.05. The van der Waals surface area contributed by atoms with E-state index in [1.807, 2.05) is 85.8 Å². The number of nitrogens with one attached hydrogen (secondary N) is 1. The fourth-order valence-electron chi connectivity index (χ4n) is 2.71. The molecule has 1 N–H and O–H groups in total. The fraction of sp³-hybridized carbons (Fsp3) is 0.0952. The van der Waals surface area contributed by atoms with Crippen LogP contribution in [0.2, 0.25) is 0 Å². The normalized spacial score (nSPS) is 10.6. The largest absolute Gasteiger partial charge is 0.324 e. The molecule has 0 radical (unpaired) electrons. The lowest BCUT2D eigenvalue weighted by Gasteiger charge is -2.18. The van der Waals surface area contributed by atoms with Crippen LogP contribution in [-0.2, 0) is 4.79 Å². The second-order valence-corrected chi connectivity index (χ2v) is 6.58. The van der Waals surface area contributed by atoms with Crippen molar-refractivity contribution >= 4 is 27.5 Å². The van der Waals surface area contributed by atoms with E-state index < -0.39 is 0 Å². The monoisotopic (exact) mass is 379 g/mol. The maximum Gasteiger partial charge on any atom is 0.236 e. The van der Waals surface area contributed by atoms with E-state index >= 15 is 0 Å². The van der Waals surface area contributed by atoms with Crippen molar-refractivity contribution in [2.45, 2.75) is 12.8 Å². The molecule has 0 unspecified atom stereocenters. The molecule has 0 aliphatic heterocycles. The Morgan fingerprint density at radius 1 is 0.875 bits per heavy atom. The van der Waals surface area contributed by atoms with E-state index in [0.717, 1.165) is 26.9 Å². The van der Waals surface area contributed by atoms with E-state index in [4.69, 9.17) is 0 Å². The predicted molar refractivity (Wildman–Crippen MR) is 102 cm³/mol. The second kappa shape index (κ2) is 7.45. The maximum absolute atomic E-state index is 13.0. The van der Waals surface area contributed by atoms with E-state index in [1.165, 1.54) is 0 Å². The van der Waals surface area contributed by atoms with Gasteiger partial charge in [0.25, 0.3) is 0 Å². The summed E-state index contributed by atoms with van der Waals surface area (Å²) < 4.78 is 0.885. The van der Waals surface area contributed by atoms with Crippen LogP contribution in [0.4, 0.5) is 5.69 Å². The molecular weight excluding hydrogens is 362 g/mol. The number of carbonyl (C=O) groups is 1. The van der Waals surface area contributed by atoms with Gasteiger partial charge in [0, 0.05) is 4.47 Å². The molecular formula is C21H18BrNO. The standard InChI is InChI=1S/C21H18BrNO/c1-15-12-13-19(18(22)14-15)23-21(24)20(16-8-4-2-5-9-16)17-10-6-3-7-11-17/h2-14,20H,1H3,(H,23,24). The average Bonchev–Trinajstić information content (AvgIpc) is 2.60. The fourth-order valence-corrected chi connectivity index (χ4v) is 3.30. The minimum atomic E-state index is -0.347. The van der Waals surface area contributed by atoms with Crippen molar-refractivity contribution in [3.8, 4) is 0 Å². The van der Waals surface area contributed by atoms with Crippen LogP contribution >= 0.6 is 15.9 Å². The van der Waals surface area contributed by atoms with Gasteiger partial charge in [-0.3, -0.25) is 4.79 Å². The topological polar surface area (TPSA) is 29.1 Å². The minimum absolute atomic E-state index is 0.0445. The van der Waals surface area contributed by atoms with Crippen molar-refractivity contribution in [2.75, 3.05) is 5.32 Å². The van der Waals surface area contributed by atoms with Gasteiger partial charge in [0.2, 0.25) is 5.91 Å². The summed E-state index contributed by atoms with van der Waals surface area (Å²) in [6, 6.07) is 25.6. The summed E-state index contributed by atoms with van der Waals surface area (Å²) in [5.74, 6) is -0.391. The Balaban J connectivity index is 1.95. The number of hydrogen-bond acceptors (Lipinski definition) is 1. The first kappa shape index (κ1) is 16.5. The maximum atomic E-state index is 13.0. The van der Waals surface area contributed by atoms with Crippen molar-refractivity contribution in [3.63, 3.8) is 0 Å². The number of rotatable bonds is 4. The average molecular weight is 380 g/mol. The van der Waals surface area contributed by atoms with Gasteiger partial charge in [-0.2, -0.15) is 0 Å². The summed E-state index contributed by atoms with van der Waals surface area (Å²) in [7, 11) is 0. The summed E-state index contributed by atoms with van der Waals surface area (Å²) in [6.07, 6.45) is 0. The Morgan fingerprint density at radius 3 is 1.92 bits per heavy atom. The third-order valence-electron chi connectivity index (χ3n) is 3.91. The lowest BCUT2D eigenvalue weighted by molar-refractivity contribution is -0.116. The van der Waals surface area contributed by atoms with Crippen LogP contribution in [0.25, 0.3) is 0 Å². The molecule has 0 bridgehead atoms. The minimum Gasteiger partial charge on any atom is -0.324 e. The molecule has 1 amide bonds. The van der Waals surface area contributed by atoms with E-state index in [1.54, 1.807) is 0 Å². The number of halogens is 1. The molecule has 3 heteroatoms. The van der Waals surface area contributed by atoms with Gasteiger partial charge < -0.3 is 5.32 Å². The van der Waals surface area contributed by atoms with Crippen LogP contribution in [-0.4, -0.2) is 5.91 Å². The third-order valence-corrected chi connectivity index (χ3v) is 4.57. The Hall–Kier alpha value is -2.39. The van der Waals surface area contributed by atoms with Crippen molar-refractivity contribution in [1.29, 1.82) is 0 Å². The van der Waals surface area contributed by atoms with Crippen LogP contribution in [0.15, 0.2) is 83.3 Å². The third kappa shape index (κ3) is 3.74. The van der Waals surface area contributed by atoms with Crippen LogP contribution < -0.4 is 5.32 Å². The Morgan fingerprint density at radius 2 is 1.42 bits per heavy atom. The SMILES string of the molecule is Cc1ccc(NC(=O)C(c2ccccc2)c2ccccc2)c(Br)c1. The van der Waals surface area contributed by atoms with E-state index in [-0.39, 0.29) is 11.8 Å². The van der Waals surface area contributed by atoms with Gasteiger partial charge >= 0.3 is 0 Å². The molecule has 0 saturated carbocycles. The number of hydrogen-bond donors (Lipinski definition) is 1. The Labute approximate surface area is 150 Å². The zero-order valence-electron chi connectivity index (χ0n) is 13.4. The van der Waals surface area contributed by atoms with E-state index in [0.29, 0.717) is 0 Å². The van der Waals surface area contributed by atoms with Gasteiger partial charge in [0.1, 0.15) is 0 Å². The van der Waals surface area contributed by atoms with Crippen molar-refractivity contribution < 1.29 is 4.79 Å². The molecule has 24 heavy (non-hydrogen) atoms. The van der Waals surface area contributed by atoms with Crippen molar-refractivity contribution in [2.24, 2.45) is 0 Å². The van der Waals surface area contributed by atoms with E-state index in [9.17, 15) is 4.79 Å². The first-order valence-electron chi connectivity index (χ1n) is 7.82. The lowest BCUT2D eigenvalue weighted by Crippen LogP contribution is -2.22. The highest BCUT2D eigenvalue weighted by molar-refractivity contribution is 9.10. The zero-order chi connectivity index (χ0) is 16.9. The van der Waals surface area contributed by atoms with E-state index in [2.05, 4.69) is 21.2 Å². The number of benzene rings is 3. The molecule has 3 rings (SSSR count). The molecule has 0 atom stereocenters. The highest BCUT2D eigenvalue weighted by Gasteiger charge is 2.23. The summed E-state index contributed by atoms with van der Waals surface area (Å²) in [4.78, 5) is 13.0. The van der Waals surface area contributed by atoms with Crippen molar-refractivity contribution in [3.05, 3.63) is 100 Å². The highest BCUT2D eigenvalue weighted by atomic mass is 79.9. The number of amides is 1. The molecule has 0 fully saturated rings. The molecule has 2 nitrogen and oxygen atoms in total. The van der Waals surface area contributed by atoms with Crippen LogP contribution in [0.5, 0.6) is 0 Å². The van der Waals surface area contributed by atoms with Gasteiger partial charge in [-0.15, -0.1) is 0 Å². The zero-order valence-corrected chi connectivity index (χ0v) is 15.0. The first-order chi connectivity index (χ1) is 11.6. The summed E-state index contributed by atoms with van der Waals surface area (Å²) >= 11 is 3.52. The molecule has 0 aliphatic carbocycles. The Kier molecular flexibility index (Phi) is 5.11. The molecule has 0 aromatic heterocycles. The van der Waals surface area contributed by atoms with Crippen molar-refractivity contribution in [1.82, 2.24) is 0 Å². The van der Waals surface area contributed by atoms with Crippen LogP contribution in [0.1, 0.15) is 22.6 Å². The predicted octanol–water partition coefficient (Wildman–Crippen LogP) is 5.53. The summed E-state index contributed by atoms with van der Waals surface area (Å²) in [5.41, 5.74) is 3.87. The molecule has 120 valence electrons. The van der Waals surface area contributed by atoms with Gasteiger partial charge in [-0.25, -0.2) is 0 Å². The highest BCUT2D eigenvalue weighted by Crippen LogP contribution is 2.29. The van der Waals surface area contributed by atoms with Crippen LogP contribution in [0, 0.1) is 6.92 Å². The molecule has 0 saturated heterocycles. The Bertz CT molecular complexity index is 791. The number of aryl methyl sites for hydroxylation is 1. The summed E-state index contributed by atoms with van der Waals surface area (Å²) in [6.45, 7) is 2.02. The molecule has 0 spiro atoms. The molecule has 3 aromatic rings. The number of anilines is 1. The van der Waals surface area contributed by atoms with Crippen LogP contribution in [0.3, 0.4) is 0 Å². The second-order valence-electron chi connectivity index (χ2n) is 5.73.